The van der Waals surface area contributed by atoms with E-state index >= 15 is 0 Å². The van der Waals surface area contributed by atoms with Gasteiger partial charge in [0.25, 0.3) is 0 Å². The second-order valence-electron chi connectivity index (χ2n) is 18.8. The molecule has 2 heterocycles. The number of aliphatic hydroxyl groups is 4. The van der Waals surface area contributed by atoms with Crippen LogP contribution >= 0.6 is 0 Å². The molecule has 0 radical (unpaired) electrons. The summed E-state index contributed by atoms with van der Waals surface area (Å²) in [7, 11) is 0. The van der Waals surface area contributed by atoms with Crippen LogP contribution in [-0.2, 0) is 23.8 Å². The Kier molecular flexibility index (Phi) is 7.97. The molecule has 0 aromatic rings. The number of allylic oxidation sites excluding steroid dienone is 2. The maximum Gasteiger partial charge on any atom is 0.315 e. The SMILES string of the molecule is CC(=O)N[C@H]1[C@H](O[C@H]2CC[C@]3(C)[C@H]4CC=C5[C@@H]6CC(C)(C)[C@@H]7C[C@]6(C(=O)O7)[C@H](O)C[C@@]5(C)[C@]4(C)CC[C@H]3C2(C)C)O[C@H](CO)[C@@H](O)[C@@H]1O. The molecule has 4 saturated carbocycles. The second kappa shape index (κ2) is 11.0. The number of carbonyl (C=O) groups excluding carboxylic acids is 2. The predicted octanol–water partition coefficient (Wildman–Crippen LogP) is 3.62. The fourth-order valence-corrected chi connectivity index (χ4v) is 13.1. The summed E-state index contributed by atoms with van der Waals surface area (Å²) in [6, 6.07) is -0.973. The van der Waals surface area contributed by atoms with E-state index in [0.717, 1.165) is 38.5 Å². The molecule has 270 valence electrons. The fraction of sp³-hybridized carbons (Fsp3) is 0.895. The molecule has 48 heavy (non-hydrogen) atoms. The first-order valence-corrected chi connectivity index (χ1v) is 18.4. The molecule has 0 unspecified atom stereocenters. The van der Waals surface area contributed by atoms with Crippen LogP contribution in [0.25, 0.3) is 0 Å². The molecule has 0 aromatic carbocycles. The second-order valence-corrected chi connectivity index (χ2v) is 18.8. The van der Waals surface area contributed by atoms with E-state index in [4.69, 9.17) is 14.2 Å². The first-order chi connectivity index (χ1) is 22.3. The molecular formula is C38H59NO9. The molecular weight excluding hydrogens is 614 g/mol. The molecule has 1 spiro atoms. The van der Waals surface area contributed by atoms with Crippen LogP contribution < -0.4 is 5.32 Å². The van der Waals surface area contributed by atoms with E-state index in [1.165, 1.54) is 12.5 Å². The summed E-state index contributed by atoms with van der Waals surface area (Å²) in [6.45, 7) is 17.1. The van der Waals surface area contributed by atoms with Gasteiger partial charge < -0.3 is 40.0 Å². The molecule has 2 bridgehead atoms. The van der Waals surface area contributed by atoms with Gasteiger partial charge >= 0.3 is 5.97 Å². The quantitative estimate of drug-likeness (QED) is 0.171. The van der Waals surface area contributed by atoms with Crippen LogP contribution in [-0.4, -0.2) is 87.9 Å². The van der Waals surface area contributed by atoms with Crippen LogP contribution in [0.1, 0.15) is 107 Å². The van der Waals surface area contributed by atoms with Gasteiger partial charge in [0.05, 0.1) is 18.8 Å². The smallest absolute Gasteiger partial charge is 0.315 e. The standard InChI is InChI=1S/C38H59NO9/c1-19(41)39-28-30(44)29(43)22(18-40)46-31(28)47-26-12-13-35(6)23(34(26,4)5)11-14-36(7)24(35)10-9-20-21-15-33(2,3)27-17-38(21,32(45)48-27)25(42)16-37(20,36)8/h9,21-31,40,42-44H,10-18H2,1-8H3,(H,39,41)/t21-,22+,23-,24+,25+,26-,27-,28+,29+,30+,31-,35-,36+,37+,38+/m0/s1. The summed E-state index contributed by atoms with van der Waals surface area (Å²) in [6.07, 6.45) is 3.24. The van der Waals surface area contributed by atoms with Gasteiger partial charge in [0, 0.05) is 18.8 Å². The molecule has 2 aliphatic heterocycles. The molecule has 15 atom stereocenters. The number of amides is 1. The molecule has 5 N–H and O–H groups in total. The maximum absolute atomic E-state index is 13.6. The Balaban J connectivity index is 1.19. The van der Waals surface area contributed by atoms with Crippen molar-refractivity contribution in [3.05, 3.63) is 11.6 Å². The number of aliphatic hydroxyl groups excluding tert-OH is 4. The highest BCUT2D eigenvalue weighted by molar-refractivity contribution is 5.82. The number of carbonyl (C=O) groups is 2. The molecule has 10 nitrogen and oxygen atoms in total. The van der Waals surface area contributed by atoms with Crippen molar-refractivity contribution in [2.24, 2.45) is 50.2 Å². The van der Waals surface area contributed by atoms with Crippen molar-refractivity contribution in [1.82, 2.24) is 5.32 Å². The molecule has 7 aliphatic rings. The first kappa shape index (κ1) is 34.9. The van der Waals surface area contributed by atoms with Crippen LogP contribution in [0.2, 0.25) is 0 Å². The molecule has 5 aliphatic carbocycles. The van der Waals surface area contributed by atoms with Crippen LogP contribution in [0.15, 0.2) is 11.6 Å². The summed E-state index contributed by atoms with van der Waals surface area (Å²) in [5.74, 6) is 0.0991. The minimum Gasteiger partial charge on any atom is -0.461 e. The Morgan fingerprint density at radius 2 is 1.69 bits per heavy atom. The van der Waals surface area contributed by atoms with Crippen molar-refractivity contribution in [1.29, 1.82) is 0 Å². The van der Waals surface area contributed by atoms with Gasteiger partial charge in [0.15, 0.2) is 6.29 Å². The van der Waals surface area contributed by atoms with Crippen molar-refractivity contribution in [3.63, 3.8) is 0 Å². The lowest BCUT2D eigenvalue weighted by atomic mass is 9.33. The highest BCUT2D eigenvalue weighted by Crippen LogP contribution is 2.76. The van der Waals surface area contributed by atoms with E-state index in [2.05, 4.69) is 59.9 Å². The average Bonchev–Trinajstić information content (AvgIpc) is 3.32. The van der Waals surface area contributed by atoms with Gasteiger partial charge in [-0.2, -0.15) is 0 Å². The van der Waals surface area contributed by atoms with E-state index in [-0.39, 0.29) is 57.1 Å². The third-order valence-corrected chi connectivity index (χ3v) is 16.0. The lowest BCUT2D eigenvalue weighted by Crippen LogP contribution is -2.68. The zero-order chi connectivity index (χ0) is 35.0. The summed E-state index contributed by atoms with van der Waals surface area (Å²) in [5.41, 5.74) is -0.218. The van der Waals surface area contributed by atoms with Gasteiger partial charge in [-0.1, -0.05) is 60.1 Å². The minimum absolute atomic E-state index is 0.0138. The van der Waals surface area contributed by atoms with Crippen LogP contribution in [0.5, 0.6) is 0 Å². The zero-order valence-electron chi connectivity index (χ0n) is 30.1. The third-order valence-electron chi connectivity index (χ3n) is 16.0. The van der Waals surface area contributed by atoms with Gasteiger partial charge in [0.1, 0.15) is 35.9 Å². The molecule has 10 heteroatoms. The highest BCUT2D eigenvalue weighted by atomic mass is 16.7. The lowest BCUT2D eigenvalue weighted by molar-refractivity contribution is -0.307. The number of rotatable bonds is 4. The molecule has 7 rings (SSSR count). The normalized spacial score (nSPS) is 53.3. The molecule has 2 saturated heterocycles. The lowest BCUT2D eigenvalue weighted by Gasteiger charge is -2.71. The third kappa shape index (κ3) is 4.44. The zero-order valence-corrected chi connectivity index (χ0v) is 30.1. The Morgan fingerprint density at radius 1 is 0.979 bits per heavy atom. The van der Waals surface area contributed by atoms with Crippen LogP contribution in [0, 0.1) is 50.2 Å². The van der Waals surface area contributed by atoms with E-state index < -0.39 is 48.8 Å². The van der Waals surface area contributed by atoms with Gasteiger partial charge in [-0.05, 0) is 84.4 Å². The number of hydrogen-bond donors (Lipinski definition) is 5. The van der Waals surface area contributed by atoms with Gasteiger partial charge in [0.2, 0.25) is 5.91 Å². The monoisotopic (exact) mass is 673 g/mol. The summed E-state index contributed by atoms with van der Waals surface area (Å²) in [4.78, 5) is 25.7. The number of fused-ring (bicyclic) bond motifs is 7. The van der Waals surface area contributed by atoms with Gasteiger partial charge in [-0.25, -0.2) is 0 Å². The van der Waals surface area contributed by atoms with Crippen molar-refractivity contribution >= 4 is 11.9 Å². The van der Waals surface area contributed by atoms with Crippen molar-refractivity contribution < 1.29 is 44.2 Å². The van der Waals surface area contributed by atoms with E-state index in [9.17, 15) is 30.0 Å². The Labute approximate surface area is 285 Å². The van der Waals surface area contributed by atoms with Crippen LogP contribution in [0.4, 0.5) is 0 Å². The fourth-order valence-electron chi connectivity index (χ4n) is 13.1. The predicted molar refractivity (Wildman–Crippen MR) is 176 cm³/mol. The largest absolute Gasteiger partial charge is 0.461 e. The van der Waals surface area contributed by atoms with E-state index in [1.807, 2.05) is 0 Å². The topological polar surface area (TPSA) is 155 Å². The van der Waals surface area contributed by atoms with Gasteiger partial charge in [-0.15, -0.1) is 0 Å². The number of nitrogens with one attached hydrogen (secondary N) is 1. The van der Waals surface area contributed by atoms with E-state index in [0.29, 0.717) is 24.7 Å². The van der Waals surface area contributed by atoms with Crippen molar-refractivity contribution in [3.8, 4) is 0 Å². The van der Waals surface area contributed by atoms with E-state index in [1.54, 1.807) is 0 Å². The van der Waals surface area contributed by atoms with Crippen molar-refractivity contribution in [2.45, 2.75) is 156 Å². The molecule has 1 amide bonds. The molecule has 6 fully saturated rings. The first-order valence-electron chi connectivity index (χ1n) is 18.4. The highest BCUT2D eigenvalue weighted by Gasteiger charge is 2.74. The van der Waals surface area contributed by atoms with Crippen LogP contribution in [0.3, 0.4) is 0 Å². The van der Waals surface area contributed by atoms with Gasteiger partial charge in [-0.3, -0.25) is 9.59 Å². The Bertz CT molecular complexity index is 1380. The summed E-state index contributed by atoms with van der Waals surface area (Å²) >= 11 is 0. The number of ether oxygens (including phenoxy) is 3. The Morgan fingerprint density at radius 3 is 2.35 bits per heavy atom. The maximum atomic E-state index is 13.6. The van der Waals surface area contributed by atoms with Crippen molar-refractivity contribution in [2.75, 3.05) is 6.61 Å². The Hall–Kier alpha value is -1.56. The summed E-state index contributed by atoms with van der Waals surface area (Å²) < 4.78 is 18.7. The summed E-state index contributed by atoms with van der Waals surface area (Å²) in [5, 5.41) is 46.0. The number of hydrogen-bond acceptors (Lipinski definition) is 9. The number of esters is 1. The average molecular weight is 674 g/mol. The minimum atomic E-state index is -1.36. The molecule has 0 aromatic heterocycles.